The van der Waals surface area contributed by atoms with Gasteiger partial charge in [0.2, 0.25) is 10.0 Å². The number of carbonyl (C=O) groups is 1. The van der Waals surface area contributed by atoms with Crippen molar-refractivity contribution in [3.63, 3.8) is 0 Å². The van der Waals surface area contributed by atoms with Gasteiger partial charge in [-0.3, -0.25) is 5.10 Å². The Bertz CT molecular complexity index is 645. The molecular weight excluding hydrogens is 262 g/mol. The van der Waals surface area contributed by atoms with E-state index in [0.717, 1.165) is 12.3 Å². The number of aromatic amines is 2. The Hall–Kier alpha value is -2.20. The van der Waals surface area contributed by atoms with Gasteiger partial charge in [0.15, 0.2) is 0 Å². The summed E-state index contributed by atoms with van der Waals surface area (Å²) in [5.74, 6) is -0.876. The average Bonchev–Trinajstić information content (AvgIpc) is 2.98. The number of carboxylic acids is 1. The van der Waals surface area contributed by atoms with Gasteiger partial charge in [-0.15, -0.1) is 0 Å². The molecule has 0 unspecified atom stereocenters. The Balaban J connectivity index is 2.12. The largest absolute Gasteiger partial charge is 0.477 e. The van der Waals surface area contributed by atoms with Gasteiger partial charge in [0.05, 0.1) is 6.54 Å². The first-order valence-electron chi connectivity index (χ1n) is 4.74. The van der Waals surface area contributed by atoms with E-state index in [0.29, 0.717) is 5.82 Å². The maximum atomic E-state index is 11.8. The zero-order valence-corrected chi connectivity index (χ0v) is 9.73. The van der Waals surface area contributed by atoms with Crippen LogP contribution >= 0.6 is 0 Å². The zero-order valence-electron chi connectivity index (χ0n) is 8.91. The Morgan fingerprint density at radius 2 is 2.28 bits per heavy atom. The number of nitrogens with zero attached hydrogens (tertiary/aromatic N) is 2. The van der Waals surface area contributed by atoms with Crippen molar-refractivity contribution in [1.82, 2.24) is 24.9 Å². The minimum absolute atomic E-state index is 0.0596. The first-order valence-corrected chi connectivity index (χ1v) is 6.23. The van der Waals surface area contributed by atoms with Crippen LogP contribution in [0, 0.1) is 0 Å². The number of H-pyrrole nitrogens is 2. The molecule has 2 aromatic heterocycles. The highest BCUT2D eigenvalue weighted by atomic mass is 32.2. The van der Waals surface area contributed by atoms with Gasteiger partial charge in [-0.05, 0) is 6.07 Å². The van der Waals surface area contributed by atoms with Gasteiger partial charge in [-0.2, -0.15) is 5.10 Å². The molecule has 2 rings (SSSR count). The summed E-state index contributed by atoms with van der Waals surface area (Å²) >= 11 is 0. The van der Waals surface area contributed by atoms with Crippen LogP contribution in [0.5, 0.6) is 0 Å². The van der Waals surface area contributed by atoms with Gasteiger partial charge in [-0.25, -0.2) is 22.9 Å². The van der Waals surface area contributed by atoms with E-state index in [1.165, 1.54) is 6.33 Å². The molecule has 0 amide bonds. The van der Waals surface area contributed by atoms with Gasteiger partial charge in [0.1, 0.15) is 22.7 Å². The highest BCUT2D eigenvalue weighted by Crippen LogP contribution is 2.10. The van der Waals surface area contributed by atoms with Crippen molar-refractivity contribution >= 4 is 16.0 Å². The fraction of sp³-hybridized carbons (Fsp3) is 0.125. The first kappa shape index (κ1) is 12.3. The number of rotatable bonds is 5. The van der Waals surface area contributed by atoms with Gasteiger partial charge in [0, 0.05) is 6.20 Å². The first-order chi connectivity index (χ1) is 8.49. The second kappa shape index (κ2) is 4.58. The molecule has 0 aliphatic heterocycles. The predicted octanol–water partition coefficient (Wildman–Crippen LogP) is -0.691. The summed E-state index contributed by atoms with van der Waals surface area (Å²) in [4.78, 5) is 16.6. The van der Waals surface area contributed by atoms with Crippen molar-refractivity contribution in [2.45, 2.75) is 11.4 Å². The lowest BCUT2D eigenvalue weighted by Gasteiger charge is -2.01. The van der Waals surface area contributed by atoms with E-state index in [2.05, 4.69) is 24.9 Å². The predicted molar refractivity (Wildman–Crippen MR) is 58.2 cm³/mol. The molecule has 96 valence electrons. The molecule has 0 saturated carbocycles. The van der Waals surface area contributed by atoms with E-state index in [4.69, 9.17) is 5.11 Å². The molecule has 0 spiro atoms. The van der Waals surface area contributed by atoms with Crippen molar-refractivity contribution in [3.8, 4) is 0 Å². The molecule has 0 radical (unpaired) electrons. The normalized spacial score (nSPS) is 11.6. The highest BCUT2D eigenvalue weighted by molar-refractivity contribution is 7.89. The number of aromatic nitrogens is 4. The van der Waals surface area contributed by atoms with Crippen LogP contribution in [-0.4, -0.2) is 39.7 Å². The van der Waals surface area contributed by atoms with Crippen LogP contribution < -0.4 is 4.72 Å². The lowest BCUT2D eigenvalue weighted by Crippen LogP contribution is -2.23. The SMILES string of the molecule is O=C(O)c1cc(S(=O)(=O)NCc2ncn[nH]2)c[nH]1. The number of carboxylic acid groups (broad SMARTS) is 1. The van der Waals surface area contributed by atoms with E-state index >= 15 is 0 Å². The van der Waals surface area contributed by atoms with Crippen LogP contribution in [0.2, 0.25) is 0 Å². The van der Waals surface area contributed by atoms with Crippen LogP contribution in [0.1, 0.15) is 16.3 Å². The van der Waals surface area contributed by atoms with Crippen LogP contribution in [0.25, 0.3) is 0 Å². The molecule has 2 aromatic rings. The molecule has 18 heavy (non-hydrogen) atoms. The van der Waals surface area contributed by atoms with E-state index in [1.807, 2.05) is 0 Å². The minimum Gasteiger partial charge on any atom is -0.477 e. The zero-order chi connectivity index (χ0) is 13.2. The molecule has 0 aromatic carbocycles. The lowest BCUT2D eigenvalue weighted by molar-refractivity contribution is 0.0691. The van der Waals surface area contributed by atoms with Crippen molar-refractivity contribution in [2.75, 3.05) is 0 Å². The summed E-state index contributed by atoms with van der Waals surface area (Å²) in [7, 11) is -3.78. The monoisotopic (exact) mass is 271 g/mol. The quantitative estimate of drug-likeness (QED) is 0.567. The third-order valence-electron chi connectivity index (χ3n) is 2.09. The van der Waals surface area contributed by atoms with Gasteiger partial charge in [-0.1, -0.05) is 0 Å². The smallest absolute Gasteiger partial charge is 0.352 e. The number of hydrogen-bond donors (Lipinski definition) is 4. The fourth-order valence-electron chi connectivity index (χ4n) is 1.22. The molecule has 10 heteroatoms. The van der Waals surface area contributed by atoms with Crippen molar-refractivity contribution in [3.05, 3.63) is 30.1 Å². The van der Waals surface area contributed by atoms with E-state index in [-0.39, 0.29) is 17.1 Å². The summed E-state index contributed by atoms with van der Waals surface area (Å²) in [6.07, 6.45) is 2.36. The number of nitrogens with one attached hydrogen (secondary N) is 3. The van der Waals surface area contributed by atoms with E-state index < -0.39 is 16.0 Å². The summed E-state index contributed by atoms with van der Waals surface area (Å²) in [6.45, 7) is -0.0596. The molecule has 4 N–H and O–H groups in total. The number of hydrogen-bond acceptors (Lipinski definition) is 5. The Labute approximate surface area is 101 Å². The fourth-order valence-corrected chi connectivity index (χ4v) is 2.20. The van der Waals surface area contributed by atoms with Gasteiger partial charge in [0.25, 0.3) is 0 Å². The standard InChI is InChI=1S/C8H9N5O4S/c14-8(15)6-1-5(2-9-6)18(16,17)12-3-7-10-4-11-13-7/h1-2,4,9,12H,3H2,(H,14,15)(H,10,11,13). The second-order valence-electron chi connectivity index (χ2n) is 3.31. The highest BCUT2D eigenvalue weighted by Gasteiger charge is 2.18. The molecule has 2 heterocycles. The summed E-state index contributed by atoms with van der Waals surface area (Å²) < 4.78 is 25.8. The van der Waals surface area contributed by atoms with E-state index in [1.54, 1.807) is 0 Å². The molecule has 0 atom stereocenters. The number of aromatic carboxylic acids is 1. The summed E-state index contributed by atoms with van der Waals surface area (Å²) in [5, 5.41) is 14.7. The maximum Gasteiger partial charge on any atom is 0.352 e. The molecule has 0 saturated heterocycles. The molecule has 0 aliphatic carbocycles. The molecule has 9 nitrogen and oxygen atoms in total. The van der Waals surface area contributed by atoms with Crippen molar-refractivity contribution in [2.24, 2.45) is 0 Å². The maximum absolute atomic E-state index is 11.8. The Kier molecular flexibility index (Phi) is 3.12. The molecule has 0 fully saturated rings. The van der Waals surface area contributed by atoms with Crippen LogP contribution in [0.3, 0.4) is 0 Å². The van der Waals surface area contributed by atoms with Crippen molar-refractivity contribution in [1.29, 1.82) is 0 Å². The van der Waals surface area contributed by atoms with Crippen LogP contribution in [0.15, 0.2) is 23.5 Å². The third-order valence-corrected chi connectivity index (χ3v) is 3.47. The van der Waals surface area contributed by atoms with Crippen molar-refractivity contribution < 1.29 is 18.3 Å². The summed E-state index contributed by atoms with van der Waals surface area (Å²) in [5.41, 5.74) is -0.199. The average molecular weight is 271 g/mol. The Morgan fingerprint density at radius 3 is 2.83 bits per heavy atom. The Morgan fingerprint density at radius 1 is 1.50 bits per heavy atom. The van der Waals surface area contributed by atoms with Crippen LogP contribution in [-0.2, 0) is 16.6 Å². The van der Waals surface area contributed by atoms with Gasteiger partial charge < -0.3 is 10.1 Å². The topological polar surface area (TPSA) is 141 Å². The van der Waals surface area contributed by atoms with Crippen LogP contribution in [0.4, 0.5) is 0 Å². The molecular formula is C8H9N5O4S. The van der Waals surface area contributed by atoms with Gasteiger partial charge >= 0.3 is 5.97 Å². The van der Waals surface area contributed by atoms with E-state index in [9.17, 15) is 13.2 Å². The molecule has 0 aliphatic rings. The minimum atomic E-state index is -3.78. The third kappa shape index (κ3) is 2.55. The number of sulfonamides is 1. The second-order valence-corrected chi connectivity index (χ2v) is 5.08. The molecule has 0 bridgehead atoms. The lowest BCUT2D eigenvalue weighted by atomic mass is 10.4. The summed E-state index contributed by atoms with van der Waals surface area (Å²) in [6, 6.07) is 1.03.